The summed E-state index contributed by atoms with van der Waals surface area (Å²) in [6.45, 7) is 1.23. The van der Waals surface area contributed by atoms with Gasteiger partial charge in [-0.05, 0) is 49.5 Å². The first kappa shape index (κ1) is 22.6. The van der Waals surface area contributed by atoms with Crippen LogP contribution in [0, 0.1) is 29.6 Å². The number of carbonyl (C=O) groups excluding carboxylic acids is 3. The fourth-order valence-electron chi connectivity index (χ4n) is 7.71. The highest BCUT2D eigenvalue weighted by atomic mass is 32.2. The van der Waals surface area contributed by atoms with Gasteiger partial charge >= 0.3 is 4.87 Å². The predicted molar refractivity (Wildman–Crippen MR) is 134 cm³/mol. The third-order valence-electron chi connectivity index (χ3n) is 9.09. The average Bonchev–Trinajstić information content (AvgIpc) is 3.61. The molecule has 0 radical (unpaired) electrons. The number of phenols is 1. The number of benzene rings is 1. The minimum absolute atomic E-state index is 0.00597. The summed E-state index contributed by atoms with van der Waals surface area (Å²) in [5.74, 6) is -1.40. The molecule has 7 rings (SSSR count). The van der Waals surface area contributed by atoms with Crippen molar-refractivity contribution in [2.45, 2.75) is 41.9 Å². The van der Waals surface area contributed by atoms with Crippen LogP contribution >= 0.6 is 23.1 Å². The SMILES string of the molecule is O=C(CN1C(=O)C2C3CC(C2C1=O)C1C(c2ccccc2O)c2sc(=O)[nH]c2SC31)N1CCCCC1. The van der Waals surface area contributed by atoms with E-state index in [-0.39, 0.29) is 63.8 Å². The van der Waals surface area contributed by atoms with Crippen molar-refractivity contribution < 1.29 is 19.5 Å². The zero-order valence-corrected chi connectivity index (χ0v) is 21.2. The smallest absolute Gasteiger partial charge is 0.305 e. The van der Waals surface area contributed by atoms with E-state index in [1.165, 1.54) is 16.2 Å². The fourth-order valence-corrected chi connectivity index (χ4v) is 10.6. The van der Waals surface area contributed by atoms with Gasteiger partial charge in [0, 0.05) is 34.7 Å². The Bertz CT molecular complexity index is 1330. The van der Waals surface area contributed by atoms with Crippen LogP contribution in [0.4, 0.5) is 0 Å². The molecule has 0 spiro atoms. The van der Waals surface area contributed by atoms with Gasteiger partial charge in [0.15, 0.2) is 0 Å². The minimum Gasteiger partial charge on any atom is -0.508 e. The number of amides is 3. The summed E-state index contributed by atoms with van der Waals surface area (Å²) < 4.78 is 0. The van der Waals surface area contributed by atoms with Gasteiger partial charge < -0.3 is 15.0 Å². The van der Waals surface area contributed by atoms with Crippen molar-refractivity contribution >= 4 is 40.8 Å². The van der Waals surface area contributed by atoms with E-state index in [1.807, 2.05) is 12.1 Å². The number of aromatic amines is 1. The van der Waals surface area contributed by atoms with Gasteiger partial charge in [-0.2, -0.15) is 0 Å². The summed E-state index contributed by atoms with van der Waals surface area (Å²) in [4.78, 5) is 59.3. The molecule has 2 aromatic rings. The first-order valence-corrected chi connectivity index (χ1v) is 14.4. The van der Waals surface area contributed by atoms with Crippen LogP contribution in [-0.2, 0) is 14.4 Å². The van der Waals surface area contributed by atoms with Gasteiger partial charge in [-0.1, -0.05) is 29.5 Å². The Morgan fingerprint density at radius 3 is 2.50 bits per heavy atom. The lowest BCUT2D eigenvalue weighted by Gasteiger charge is -2.43. The van der Waals surface area contributed by atoms with Gasteiger partial charge in [0.1, 0.15) is 12.3 Å². The number of fused-ring (bicyclic) bond motifs is 9. The maximum Gasteiger partial charge on any atom is 0.305 e. The number of aromatic nitrogens is 1. The molecule has 4 heterocycles. The number of carbonyl (C=O) groups is 3. The number of imide groups is 1. The van der Waals surface area contributed by atoms with E-state index in [2.05, 4.69) is 4.98 Å². The third-order valence-corrected chi connectivity index (χ3v) is 11.7. The molecule has 188 valence electrons. The fraction of sp³-hybridized carbons (Fsp3) is 0.538. The number of thioether (sulfide) groups is 1. The predicted octanol–water partition coefficient (Wildman–Crippen LogP) is 2.63. The van der Waals surface area contributed by atoms with Crippen LogP contribution in [-0.4, -0.2) is 62.5 Å². The lowest BCUT2D eigenvalue weighted by molar-refractivity contribution is -0.147. The zero-order valence-electron chi connectivity index (χ0n) is 19.6. The Morgan fingerprint density at radius 2 is 1.75 bits per heavy atom. The number of nitrogens with one attached hydrogen (secondary N) is 1. The highest BCUT2D eigenvalue weighted by Gasteiger charge is 2.69. The summed E-state index contributed by atoms with van der Waals surface area (Å²) in [5.41, 5.74) is 0.766. The molecule has 2 N–H and O–H groups in total. The monoisotopic (exact) mass is 525 g/mol. The Morgan fingerprint density at radius 1 is 1.03 bits per heavy atom. The molecule has 4 fully saturated rings. The number of para-hydroxylation sites is 1. The number of phenolic OH excluding ortho intramolecular Hbond substituents is 1. The third kappa shape index (κ3) is 3.13. The molecule has 2 saturated heterocycles. The van der Waals surface area contributed by atoms with Crippen LogP contribution in [0.25, 0.3) is 0 Å². The zero-order chi connectivity index (χ0) is 24.7. The second-order valence-electron chi connectivity index (χ2n) is 10.7. The molecule has 7 atom stereocenters. The van der Waals surface area contributed by atoms with Crippen molar-refractivity contribution in [2.24, 2.45) is 29.6 Å². The standard InChI is InChI=1S/C26H27N3O5S2/c30-15-7-3-2-6-12(15)17-18-13-10-14(21(18)35-23-22(17)36-26(34)27-23)20-19(13)24(32)29(25(20)33)11-16(31)28-8-4-1-5-9-28/h2-3,6-7,13-14,17-21,30H,1,4-5,8-11H2,(H,27,34). The number of likely N-dealkylation sites (tertiary alicyclic amines) is 2. The molecule has 3 amide bonds. The molecule has 8 nitrogen and oxygen atoms in total. The molecule has 36 heavy (non-hydrogen) atoms. The second kappa shape index (κ2) is 8.21. The molecule has 1 aromatic heterocycles. The van der Waals surface area contributed by atoms with Crippen LogP contribution in [0.2, 0.25) is 0 Å². The lowest BCUT2D eigenvalue weighted by atomic mass is 9.68. The molecule has 10 heteroatoms. The molecule has 7 unspecified atom stereocenters. The van der Waals surface area contributed by atoms with Crippen molar-refractivity contribution in [1.29, 1.82) is 0 Å². The van der Waals surface area contributed by atoms with Crippen LogP contribution in [0.3, 0.4) is 0 Å². The van der Waals surface area contributed by atoms with Crippen LogP contribution in [0.15, 0.2) is 34.1 Å². The van der Waals surface area contributed by atoms with E-state index in [0.29, 0.717) is 13.1 Å². The Kier molecular flexibility index (Phi) is 5.15. The number of aromatic hydroxyl groups is 1. The molecule has 2 aliphatic carbocycles. The summed E-state index contributed by atoms with van der Waals surface area (Å²) in [6, 6.07) is 7.22. The Hall–Kier alpha value is -2.59. The van der Waals surface area contributed by atoms with Crippen molar-refractivity contribution in [2.75, 3.05) is 19.6 Å². The van der Waals surface area contributed by atoms with Gasteiger partial charge in [-0.3, -0.25) is 24.1 Å². The van der Waals surface area contributed by atoms with Crippen molar-refractivity contribution in [1.82, 2.24) is 14.8 Å². The molecular weight excluding hydrogens is 498 g/mol. The van der Waals surface area contributed by atoms with Crippen molar-refractivity contribution in [3.05, 3.63) is 44.4 Å². The van der Waals surface area contributed by atoms with E-state index >= 15 is 0 Å². The maximum atomic E-state index is 13.7. The lowest BCUT2D eigenvalue weighted by Crippen LogP contribution is -2.45. The summed E-state index contributed by atoms with van der Waals surface area (Å²) in [7, 11) is 0. The van der Waals surface area contributed by atoms with Crippen molar-refractivity contribution in [3.8, 4) is 5.75 Å². The number of nitrogens with zero attached hydrogens (tertiary/aromatic N) is 2. The number of hydrogen-bond acceptors (Lipinski definition) is 7. The minimum atomic E-state index is -0.427. The quantitative estimate of drug-likeness (QED) is 0.596. The second-order valence-corrected chi connectivity index (χ2v) is 12.9. The maximum absolute atomic E-state index is 13.7. The highest BCUT2D eigenvalue weighted by Crippen LogP contribution is 2.68. The molecule has 1 aromatic carbocycles. The van der Waals surface area contributed by atoms with Gasteiger partial charge in [-0.25, -0.2) is 0 Å². The first-order chi connectivity index (χ1) is 17.4. The average molecular weight is 526 g/mol. The van der Waals surface area contributed by atoms with E-state index in [0.717, 1.165) is 41.1 Å². The van der Waals surface area contributed by atoms with Gasteiger partial charge in [0.05, 0.1) is 16.9 Å². The van der Waals surface area contributed by atoms with E-state index in [4.69, 9.17) is 0 Å². The van der Waals surface area contributed by atoms with Crippen LogP contribution < -0.4 is 4.87 Å². The number of thiazole rings is 1. The number of rotatable bonds is 3. The van der Waals surface area contributed by atoms with Crippen LogP contribution in [0.5, 0.6) is 5.75 Å². The first-order valence-electron chi connectivity index (χ1n) is 12.7. The number of hydrogen-bond donors (Lipinski definition) is 2. The summed E-state index contributed by atoms with van der Waals surface area (Å²) >= 11 is 2.80. The largest absolute Gasteiger partial charge is 0.508 e. The molecular formula is C26H27N3O5S2. The van der Waals surface area contributed by atoms with E-state index in [9.17, 15) is 24.3 Å². The molecule has 5 aliphatic rings. The molecule has 3 aliphatic heterocycles. The molecule has 2 bridgehead atoms. The van der Waals surface area contributed by atoms with Gasteiger partial charge in [0.25, 0.3) is 0 Å². The van der Waals surface area contributed by atoms with E-state index in [1.54, 1.807) is 28.8 Å². The van der Waals surface area contributed by atoms with E-state index < -0.39 is 11.8 Å². The number of piperidine rings is 1. The topological polar surface area (TPSA) is 111 Å². The Balaban J connectivity index is 1.23. The van der Waals surface area contributed by atoms with Crippen LogP contribution in [0.1, 0.15) is 42.0 Å². The molecule has 2 saturated carbocycles. The number of H-pyrrole nitrogens is 1. The summed E-state index contributed by atoms with van der Waals surface area (Å²) in [5, 5.41) is 11.7. The summed E-state index contributed by atoms with van der Waals surface area (Å²) in [6.07, 6.45) is 3.81. The normalized spacial score (nSPS) is 34.6. The van der Waals surface area contributed by atoms with Crippen molar-refractivity contribution in [3.63, 3.8) is 0 Å². The van der Waals surface area contributed by atoms with Gasteiger partial charge in [0.2, 0.25) is 17.7 Å². The van der Waals surface area contributed by atoms with Gasteiger partial charge in [-0.15, -0.1) is 11.8 Å². The Labute approximate surface area is 216 Å². The highest BCUT2D eigenvalue weighted by molar-refractivity contribution is 8.00.